The Kier molecular flexibility index (Phi) is 5.09. The highest BCUT2D eigenvalue weighted by Gasteiger charge is 2.41. The molecule has 0 bridgehead atoms. The Labute approximate surface area is 124 Å². The van der Waals surface area contributed by atoms with Crippen LogP contribution >= 0.6 is 0 Å². The van der Waals surface area contributed by atoms with Gasteiger partial charge in [-0.25, -0.2) is 4.79 Å². The van der Waals surface area contributed by atoms with Crippen LogP contribution in [0, 0.1) is 0 Å². The number of aromatic nitrogens is 1. The lowest BCUT2D eigenvalue weighted by atomic mass is 9.81. The van der Waals surface area contributed by atoms with Crippen LogP contribution in [0.5, 0.6) is 0 Å². The molecule has 5 heteroatoms. The van der Waals surface area contributed by atoms with Crippen molar-refractivity contribution in [3.05, 3.63) is 36.2 Å². The molecule has 1 aromatic heterocycles. The van der Waals surface area contributed by atoms with Crippen LogP contribution in [-0.2, 0) is 14.3 Å². The van der Waals surface area contributed by atoms with Gasteiger partial charge >= 0.3 is 5.97 Å². The summed E-state index contributed by atoms with van der Waals surface area (Å²) in [7, 11) is 1.36. The second-order valence-corrected chi connectivity index (χ2v) is 5.24. The van der Waals surface area contributed by atoms with E-state index in [1.807, 2.05) is 6.07 Å². The molecule has 2 rings (SSSR count). The van der Waals surface area contributed by atoms with Crippen LogP contribution in [0.4, 0.5) is 0 Å². The lowest BCUT2D eigenvalue weighted by molar-refractivity contribution is -0.152. The molecule has 0 spiro atoms. The Morgan fingerprint density at radius 3 is 2.71 bits per heavy atom. The predicted molar refractivity (Wildman–Crippen MR) is 79.2 cm³/mol. The highest BCUT2D eigenvalue weighted by atomic mass is 16.5. The lowest BCUT2D eigenvalue weighted by Gasteiger charge is -2.34. The van der Waals surface area contributed by atoms with Crippen molar-refractivity contribution in [1.82, 2.24) is 10.3 Å². The van der Waals surface area contributed by atoms with Crippen LogP contribution in [0.2, 0.25) is 0 Å². The third-order valence-corrected chi connectivity index (χ3v) is 3.76. The number of ether oxygens (including phenoxy) is 1. The Morgan fingerprint density at radius 1 is 1.33 bits per heavy atom. The van der Waals surface area contributed by atoms with Crippen molar-refractivity contribution in [2.75, 3.05) is 7.11 Å². The van der Waals surface area contributed by atoms with Crippen molar-refractivity contribution in [1.29, 1.82) is 0 Å². The SMILES string of the molecule is COC(=O)C1(NC(=O)/C=C/c2cccnc2)CCCCC1. The van der Waals surface area contributed by atoms with E-state index < -0.39 is 5.54 Å². The normalized spacial score (nSPS) is 17.4. The third kappa shape index (κ3) is 3.90. The van der Waals surface area contributed by atoms with Gasteiger partial charge in [-0.05, 0) is 30.5 Å². The zero-order valence-corrected chi connectivity index (χ0v) is 12.2. The fourth-order valence-electron chi connectivity index (χ4n) is 2.65. The number of carbonyl (C=O) groups is 2. The first-order chi connectivity index (χ1) is 10.2. The van der Waals surface area contributed by atoms with Crippen LogP contribution in [0.1, 0.15) is 37.7 Å². The number of nitrogens with zero attached hydrogens (tertiary/aromatic N) is 1. The number of esters is 1. The highest BCUT2D eigenvalue weighted by Crippen LogP contribution is 2.29. The number of pyridine rings is 1. The number of hydrogen-bond acceptors (Lipinski definition) is 4. The Hall–Kier alpha value is -2.17. The molecule has 1 aliphatic rings. The van der Waals surface area contributed by atoms with Gasteiger partial charge in [0, 0.05) is 18.5 Å². The molecule has 0 saturated heterocycles. The average Bonchev–Trinajstić information content (AvgIpc) is 2.54. The van der Waals surface area contributed by atoms with Gasteiger partial charge in [-0.3, -0.25) is 9.78 Å². The molecule has 1 amide bonds. The van der Waals surface area contributed by atoms with Crippen LogP contribution in [0.3, 0.4) is 0 Å². The van der Waals surface area contributed by atoms with E-state index >= 15 is 0 Å². The Morgan fingerprint density at radius 2 is 2.10 bits per heavy atom. The minimum atomic E-state index is -0.872. The summed E-state index contributed by atoms with van der Waals surface area (Å²) >= 11 is 0. The number of hydrogen-bond donors (Lipinski definition) is 1. The van der Waals surface area contributed by atoms with Crippen molar-refractivity contribution in [3.63, 3.8) is 0 Å². The summed E-state index contributed by atoms with van der Waals surface area (Å²) in [6.07, 6.45) is 10.6. The standard InChI is InChI=1S/C16H20N2O3/c1-21-15(20)16(9-3-2-4-10-16)18-14(19)8-7-13-6-5-11-17-12-13/h5-8,11-12H,2-4,9-10H2,1H3,(H,18,19)/b8-7+. The van der Waals surface area contributed by atoms with Gasteiger partial charge in [0.2, 0.25) is 5.91 Å². The summed E-state index contributed by atoms with van der Waals surface area (Å²) in [4.78, 5) is 28.1. The maximum Gasteiger partial charge on any atom is 0.331 e. The molecule has 5 nitrogen and oxygen atoms in total. The van der Waals surface area contributed by atoms with Gasteiger partial charge in [-0.1, -0.05) is 25.3 Å². The third-order valence-electron chi connectivity index (χ3n) is 3.76. The van der Waals surface area contributed by atoms with Crippen LogP contribution in [0.25, 0.3) is 6.08 Å². The first kappa shape index (κ1) is 15.2. The van der Waals surface area contributed by atoms with E-state index in [2.05, 4.69) is 10.3 Å². The first-order valence-corrected chi connectivity index (χ1v) is 7.15. The van der Waals surface area contributed by atoms with Gasteiger partial charge in [0.15, 0.2) is 0 Å². The summed E-state index contributed by atoms with van der Waals surface area (Å²) < 4.78 is 4.87. The molecule has 1 heterocycles. The predicted octanol–water partition coefficient (Wildman–Crippen LogP) is 2.09. The topological polar surface area (TPSA) is 68.3 Å². The summed E-state index contributed by atoms with van der Waals surface area (Å²) in [5, 5.41) is 2.83. The molecule has 21 heavy (non-hydrogen) atoms. The van der Waals surface area contributed by atoms with Crippen LogP contribution < -0.4 is 5.32 Å². The van der Waals surface area contributed by atoms with Gasteiger partial charge in [0.1, 0.15) is 5.54 Å². The molecular formula is C16H20N2O3. The number of rotatable bonds is 4. The molecule has 1 aliphatic carbocycles. The highest BCUT2D eigenvalue weighted by molar-refractivity contribution is 5.96. The zero-order valence-electron chi connectivity index (χ0n) is 12.2. The Balaban J connectivity index is 2.05. The molecule has 1 fully saturated rings. The van der Waals surface area contributed by atoms with Gasteiger partial charge < -0.3 is 10.1 Å². The molecule has 1 saturated carbocycles. The van der Waals surface area contributed by atoms with Gasteiger partial charge in [0.05, 0.1) is 7.11 Å². The molecular weight excluding hydrogens is 268 g/mol. The molecule has 112 valence electrons. The van der Waals surface area contributed by atoms with Crippen molar-refractivity contribution in [2.45, 2.75) is 37.6 Å². The van der Waals surface area contributed by atoms with Gasteiger partial charge in [-0.2, -0.15) is 0 Å². The average molecular weight is 288 g/mol. The lowest BCUT2D eigenvalue weighted by Crippen LogP contribution is -2.55. The minimum absolute atomic E-state index is 0.286. The van der Waals surface area contributed by atoms with E-state index in [0.29, 0.717) is 12.8 Å². The first-order valence-electron chi connectivity index (χ1n) is 7.15. The number of carbonyl (C=O) groups excluding carboxylic acids is 2. The van der Waals surface area contributed by atoms with E-state index in [4.69, 9.17) is 4.74 Å². The van der Waals surface area contributed by atoms with Crippen molar-refractivity contribution >= 4 is 18.0 Å². The molecule has 0 aromatic carbocycles. The van der Waals surface area contributed by atoms with Crippen LogP contribution in [-0.4, -0.2) is 29.5 Å². The summed E-state index contributed by atoms with van der Waals surface area (Å²) in [6, 6.07) is 3.65. The fourth-order valence-corrected chi connectivity index (χ4v) is 2.65. The number of methoxy groups -OCH3 is 1. The second kappa shape index (κ2) is 7.02. The summed E-state index contributed by atoms with van der Waals surface area (Å²) in [6.45, 7) is 0. The smallest absolute Gasteiger partial charge is 0.331 e. The molecule has 0 atom stereocenters. The number of amides is 1. The Bertz CT molecular complexity index is 520. The van der Waals surface area contributed by atoms with E-state index in [1.54, 1.807) is 24.5 Å². The molecule has 0 radical (unpaired) electrons. The fraction of sp³-hybridized carbons (Fsp3) is 0.438. The molecule has 0 unspecified atom stereocenters. The van der Waals surface area contributed by atoms with Gasteiger partial charge in [-0.15, -0.1) is 0 Å². The van der Waals surface area contributed by atoms with E-state index in [-0.39, 0.29) is 11.9 Å². The largest absolute Gasteiger partial charge is 0.467 e. The van der Waals surface area contributed by atoms with Crippen molar-refractivity contribution in [2.24, 2.45) is 0 Å². The quantitative estimate of drug-likeness (QED) is 0.680. The monoisotopic (exact) mass is 288 g/mol. The second-order valence-electron chi connectivity index (χ2n) is 5.24. The summed E-state index contributed by atoms with van der Waals surface area (Å²) in [5.74, 6) is -0.642. The molecule has 1 aromatic rings. The molecule has 0 aliphatic heterocycles. The van der Waals surface area contributed by atoms with Gasteiger partial charge in [0.25, 0.3) is 0 Å². The van der Waals surface area contributed by atoms with Crippen molar-refractivity contribution < 1.29 is 14.3 Å². The van der Waals surface area contributed by atoms with Crippen molar-refractivity contribution in [3.8, 4) is 0 Å². The minimum Gasteiger partial charge on any atom is -0.467 e. The van der Waals surface area contributed by atoms with E-state index in [9.17, 15) is 9.59 Å². The number of nitrogens with one attached hydrogen (secondary N) is 1. The molecule has 1 N–H and O–H groups in total. The zero-order chi connectivity index (χ0) is 15.1. The van der Waals surface area contributed by atoms with E-state index in [1.165, 1.54) is 13.2 Å². The summed E-state index contributed by atoms with van der Waals surface area (Å²) in [5.41, 5.74) is -0.0352. The maximum atomic E-state index is 12.1. The van der Waals surface area contributed by atoms with Crippen LogP contribution in [0.15, 0.2) is 30.6 Å². The van der Waals surface area contributed by atoms with E-state index in [0.717, 1.165) is 24.8 Å². The maximum absolute atomic E-state index is 12.1.